The summed E-state index contributed by atoms with van der Waals surface area (Å²) in [6.45, 7) is 0. The number of carbonyl (C=O) groups is 1. The lowest BCUT2D eigenvalue weighted by molar-refractivity contribution is 0.0981. The zero-order valence-electron chi connectivity index (χ0n) is 9.96. The van der Waals surface area contributed by atoms with Crippen LogP contribution in [-0.4, -0.2) is 5.91 Å². The molecule has 1 aliphatic rings. The van der Waals surface area contributed by atoms with Crippen LogP contribution in [0.1, 0.15) is 10.4 Å². The number of fused-ring (bicyclic) bond motifs is 1. The lowest BCUT2D eigenvalue weighted by Gasteiger charge is -2.14. The highest BCUT2D eigenvalue weighted by molar-refractivity contribution is 7.66. The average molecular weight is 273 g/mol. The molecule has 0 saturated carbocycles. The van der Waals surface area contributed by atoms with Gasteiger partial charge in [-0.1, -0.05) is 30.3 Å². The molecule has 1 aliphatic heterocycles. The predicted molar refractivity (Wildman–Crippen MR) is 75.2 cm³/mol. The fourth-order valence-corrected chi connectivity index (χ4v) is 3.55. The van der Waals surface area contributed by atoms with Crippen LogP contribution in [0.2, 0.25) is 0 Å². The molecule has 1 heterocycles. The van der Waals surface area contributed by atoms with Crippen molar-refractivity contribution in [3.63, 3.8) is 0 Å². The highest BCUT2D eigenvalue weighted by Gasteiger charge is 2.32. The summed E-state index contributed by atoms with van der Waals surface area (Å²) in [6, 6.07) is 16.0. The van der Waals surface area contributed by atoms with Crippen molar-refractivity contribution < 1.29 is 9.36 Å². The normalized spacial score (nSPS) is 14.9. The van der Waals surface area contributed by atoms with Crippen molar-refractivity contribution in [2.45, 2.75) is 0 Å². The van der Waals surface area contributed by atoms with E-state index in [1.165, 1.54) is 0 Å². The van der Waals surface area contributed by atoms with Crippen LogP contribution in [-0.2, 0) is 4.57 Å². The van der Waals surface area contributed by atoms with E-state index in [1.54, 1.807) is 36.4 Å². The summed E-state index contributed by atoms with van der Waals surface area (Å²) in [5.74, 6) is -0.378. The molecular formula is C13H12N3O2P. The molecule has 0 atom stereocenters. The maximum Gasteiger partial charge on any atom is 0.355 e. The van der Waals surface area contributed by atoms with Gasteiger partial charge in [-0.3, -0.25) is 14.4 Å². The maximum absolute atomic E-state index is 12.5. The number of anilines is 2. The second-order valence-corrected chi connectivity index (χ2v) is 6.07. The zero-order valence-corrected chi connectivity index (χ0v) is 10.9. The molecule has 2 aromatic carbocycles. The number of hydrogen-bond acceptors (Lipinski definition) is 2. The average Bonchev–Trinajstić information content (AvgIpc) is 2.75. The Labute approximate surface area is 110 Å². The number of rotatable bonds is 2. The van der Waals surface area contributed by atoms with Crippen LogP contribution in [0.3, 0.4) is 0 Å². The van der Waals surface area contributed by atoms with Crippen LogP contribution in [0.5, 0.6) is 0 Å². The number of nitrogens with one attached hydrogen (secondary N) is 3. The second kappa shape index (κ2) is 4.44. The number of benzene rings is 2. The first-order valence-corrected chi connectivity index (χ1v) is 7.50. The summed E-state index contributed by atoms with van der Waals surface area (Å²) in [5, 5.41) is 8.16. The number of amides is 1. The van der Waals surface area contributed by atoms with Crippen LogP contribution >= 0.6 is 7.59 Å². The first-order chi connectivity index (χ1) is 9.16. The molecule has 0 unspecified atom stereocenters. The SMILES string of the molecule is O=C(NP1(=O)Nc2ccccc2N1)c1ccccc1. The molecule has 6 heteroatoms. The van der Waals surface area contributed by atoms with Gasteiger partial charge in [-0.25, -0.2) is 0 Å². The summed E-state index contributed by atoms with van der Waals surface area (Å²) in [7, 11) is -3.17. The third-order valence-electron chi connectivity index (χ3n) is 2.78. The molecule has 0 aliphatic carbocycles. The van der Waals surface area contributed by atoms with Crippen molar-refractivity contribution in [2.24, 2.45) is 0 Å². The molecular weight excluding hydrogens is 261 g/mol. The van der Waals surface area contributed by atoms with Gasteiger partial charge >= 0.3 is 7.59 Å². The maximum atomic E-state index is 12.5. The van der Waals surface area contributed by atoms with Gasteiger partial charge in [-0.15, -0.1) is 0 Å². The number of hydrogen-bond donors (Lipinski definition) is 3. The zero-order chi connectivity index (χ0) is 13.3. The molecule has 5 nitrogen and oxygen atoms in total. The Morgan fingerprint density at radius 1 is 0.895 bits per heavy atom. The smallest absolute Gasteiger partial charge is 0.302 e. The van der Waals surface area contributed by atoms with E-state index >= 15 is 0 Å². The summed E-state index contributed by atoms with van der Waals surface area (Å²) in [5.41, 5.74) is 1.91. The third kappa shape index (κ3) is 2.33. The third-order valence-corrected chi connectivity index (χ3v) is 4.41. The van der Waals surface area contributed by atoms with Gasteiger partial charge < -0.3 is 10.2 Å². The van der Waals surface area contributed by atoms with E-state index in [4.69, 9.17) is 0 Å². The summed E-state index contributed by atoms with van der Waals surface area (Å²) < 4.78 is 12.5. The van der Waals surface area contributed by atoms with Gasteiger partial charge in [0.15, 0.2) is 0 Å². The lowest BCUT2D eigenvalue weighted by Crippen LogP contribution is -2.24. The fraction of sp³-hybridized carbons (Fsp3) is 0. The largest absolute Gasteiger partial charge is 0.355 e. The van der Waals surface area contributed by atoms with E-state index < -0.39 is 7.59 Å². The van der Waals surface area contributed by atoms with E-state index in [-0.39, 0.29) is 5.91 Å². The Morgan fingerprint density at radius 2 is 1.42 bits per heavy atom. The van der Waals surface area contributed by atoms with E-state index in [0.29, 0.717) is 5.56 Å². The molecule has 3 N–H and O–H groups in total. The molecule has 19 heavy (non-hydrogen) atoms. The van der Waals surface area contributed by atoms with Gasteiger partial charge in [0.05, 0.1) is 11.4 Å². The van der Waals surface area contributed by atoms with Crippen molar-refractivity contribution in [1.82, 2.24) is 5.09 Å². The molecule has 3 rings (SSSR count). The summed E-state index contributed by atoms with van der Waals surface area (Å²) in [4.78, 5) is 12.0. The van der Waals surface area contributed by atoms with Crippen LogP contribution in [0, 0.1) is 0 Å². The van der Waals surface area contributed by atoms with Gasteiger partial charge in [-0.2, -0.15) is 0 Å². The Balaban J connectivity index is 1.79. The fourth-order valence-electron chi connectivity index (χ4n) is 1.90. The quantitative estimate of drug-likeness (QED) is 0.735. The van der Waals surface area contributed by atoms with Crippen molar-refractivity contribution in [3.05, 3.63) is 60.2 Å². The topological polar surface area (TPSA) is 70.2 Å². The Morgan fingerprint density at radius 3 is 2.00 bits per heavy atom. The molecule has 0 aromatic heterocycles. The standard InChI is InChI=1S/C13H12N3O2P/c17-13(10-6-2-1-3-7-10)16-19(18)14-11-8-4-5-9-12(11)15-19/h1-9H,(H3,14,15,16,17,18). The summed E-state index contributed by atoms with van der Waals surface area (Å²) in [6.07, 6.45) is 0. The van der Waals surface area contributed by atoms with Crippen molar-refractivity contribution in [3.8, 4) is 0 Å². The van der Waals surface area contributed by atoms with Crippen LogP contribution in [0.15, 0.2) is 54.6 Å². The van der Waals surface area contributed by atoms with E-state index in [2.05, 4.69) is 15.3 Å². The van der Waals surface area contributed by atoms with E-state index in [0.717, 1.165) is 11.4 Å². The number of carbonyl (C=O) groups excluding carboxylic acids is 1. The van der Waals surface area contributed by atoms with Crippen molar-refractivity contribution in [1.29, 1.82) is 0 Å². The molecule has 0 saturated heterocycles. The van der Waals surface area contributed by atoms with Gasteiger partial charge in [0.1, 0.15) is 0 Å². The monoisotopic (exact) mass is 273 g/mol. The van der Waals surface area contributed by atoms with Gasteiger partial charge in [0.25, 0.3) is 5.91 Å². The minimum absolute atomic E-state index is 0.378. The van der Waals surface area contributed by atoms with Crippen molar-refractivity contribution >= 4 is 24.9 Å². The molecule has 1 amide bonds. The highest BCUT2D eigenvalue weighted by atomic mass is 31.2. The first kappa shape index (κ1) is 11.8. The van der Waals surface area contributed by atoms with Crippen LogP contribution in [0.25, 0.3) is 0 Å². The first-order valence-electron chi connectivity index (χ1n) is 5.80. The predicted octanol–water partition coefficient (Wildman–Crippen LogP) is 3.06. The lowest BCUT2D eigenvalue weighted by atomic mass is 10.2. The molecule has 0 radical (unpaired) electrons. The molecule has 0 fully saturated rings. The van der Waals surface area contributed by atoms with Crippen LogP contribution < -0.4 is 15.3 Å². The van der Waals surface area contributed by atoms with Crippen LogP contribution in [0.4, 0.5) is 11.4 Å². The Bertz CT molecular complexity index is 644. The van der Waals surface area contributed by atoms with Gasteiger partial charge in [0.2, 0.25) is 0 Å². The molecule has 2 aromatic rings. The minimum Gasteiger partial charge on any atom is -0.302 e. The second-order valence-electron chi connectivity index (χ2n) is 4.19. The highest BCUT2D eigenvalue weighted by Crippen LogP contribution is 2.50. The number of para-hydroxylation sites is 2. The molecule has 0 bridgehead atoms. The Kier molecular flexibility index (Phi) is 2.76. The Hall–Kier alpha value is -2.26. The minimum atomic E-state index is -3.17. The van der Waals surface area contributed by atoms with E-state index in [9.17, 15) is 9.36 Å². The van der Waals surface area contributed by atoms with Gasteiger partial charge in [-0.05, 0) is 24.3 Å². The van der Waals surface area contributed by atoms with E-state index in [1.807, 2.05) is 18.2 Å². The van der Waals surface area contributed by atoms with Crippen molar-refractivity contribution in [2.75, 3.05) is 10.2 Å². The molecule has 96 valence electrons. The summed E-state index contributed by atoms with van der Waals surface area (Å²) >= 11 is 0. The van der Waals surface area contributed by atoms with Gasteiger partial charge in [0, 0.05) is 5.56 Å². The molecule has 0 spiro atoms.